The van der Waals surface area contributed by atoms with E-state index < -0.39 is 5.60 Å². The second-order valence-electron chi connectivity index (χ2n) is 11.8. The third-order valence-electron chi connectivity index (χ3n) is 9.48. The third kappa shape index (κ3) is 6.35. The standard InChI is InChI=1S/C31H48O/c1-25(28-14-5-2-6-15-28)20-21-26-12-11-13-27(24-26)22-23-31(32,29-16-7-3-8-17-29)30-18-9-4-10-19-30/h25-30,32H,2-19,24H2,1H3. The van der Waals surface area contributed by atoms with Gasteiger partial charge >= 0.3 is 0 Å². The SMILES string of the molecule is CC(C#CC1CCCC(C#CC(O)(C2CCCCC2)C2CCCCC2)C1)C1CCCCC1. The maximum absolute atomic E-state index is 12.0. The van der Waals surface area contributed by atoms with Gasteiger partial charge < -0.3 is 5.11 Å². The molecule has 0 spiro atoms. The van der Waals surface area contributed by atoms with Crippen LogP contribution in [-0.4, -0.2) is 10.7 Å². The van der Waals surface area contributed by atoms with Gasteiger partial charge in [0.15, 0.2) is 0 Å². The first-order valence-corrected chi connectivity index (χ1v) is 14.4. The highest BCUT2D eigenvalue weighted by molar-refractivity contribution is 5.21. The van der Waals surface area contributed by atoms with Gasteiger partial charge in [-0.2, -0.15) is 0 Å². The average Bonchev–Trinajstić information content (AvgIpc) is 2.87. The fourth-order valence-corrected chi connectivity index (χ4v) is 7.29. The van der Waals surface area contributed by atoms with Crippen LogP contribution >= 0.6 is 0 Å². The minimum atomic E-state index is -0.727. The number of hydrogen-bond donors (Lipinski definition) is 1. The normalized spacial score (nSPS) is 29.9. The van der Waals surface area contributed by atoms with Gasteiger partial charge in [0.1, 0.15) is 5.60 Å². The summed E-state index contributed by atoms with van der Waals surface area (Å²) in [6.45, 7) is 2.36. The zero-order chi connectivity index (χ0) is 22.2. The quantitative estimate of drug-likeness (QED) is 0.446. The van der Waals surface area contributed by atoms with Gasteiger partial charge in [-0.3, -0.25) is 0 Å². The van der Waals surface area contributed by atoms with Gasteiger partial charge in [-0.15, -0.1) is 0 Å². The van der Waals surface area contributed by atoms with Crippen molar-refractivity contribution < 1.29 is 5.11 Å². The summed E-state index contributed by atoms with van der Waals surface area (Å²) in [4.78, 5) is 0. The summed E-state index contributed by atoms with van der Waals surface area (Å²) in [5.41, 5.74) is -0.727. The molecule has 0 bridgehead atoms. The first kappa shape index (κ1) is 24.2. The Morgan fingerprint density at radius 1 is 0.625 bits per heavy atom. The first-order chi connectivity index (χ1) is 15.6. The predicted octanol–water partition coefficient (Wildman–Crippen LogP) is 7.91. The van der Waals surface area contributed by atoms with E-state index in [2.05, 4.69) is 30.6 Å². The van der Waals surface area contributed by atoms with Gasteiger partial charge in [0.2, 0.25) is 0 Å². The second kappa shape index (κ2) is 12.0. The third-order valence-corrected chi connectivity index (χ3v) is 9.48. The Morgan fingerprint density at radius 3 is 1.69 bits per heavy atom. The molecule has 32 heavy (non-hydrogen) atoms. The molecule has 178 valence electrons. The zero-order valence-corrected chi connectivity index (χ0v) is 20.8. The van der Waals surface area contributed by atoms with Gasteiger partial charge in [0.05, 0.1) is 0 Å². The van der Waals surface area contributed by atoms with E-state index in [1.54, 1.807) is 0 Å². The lowest BCUT2D eigenvalue weighted by atomic mass is 9.66. The molecule has 4 saturated carbocycles. The molecule has 0 aromatic heterocycles. The van der Waals surface area contributed by atoms with Crippen molar-refractivity contribution in [2.24, 2.45) is 35.5 Å². The summed E-state index contributed by atoms with van der Waals surface area (Å²) >= 11 is 0. The summed E-state index contributed by atoms with van der Waals surface area (Å²) in [6, 6.07) is 0. The highest BCUT2D eigenvalue weighted by atomic mass is 16.3. The molecule has 4 rings (SSSR count). The maximum atomic E-state index is 12.0. The van der Waals surface area contributed by atoms with E-state index in [9.17, 15) is 5.11 Å². The number of aliphatic hydroxyl groups is 1. The van der Waals surface area contributed by atoms with E-state index in [0.29, 0.717) is 29.6 Å². The molecular formula is C31H48O. The monoisotopic (exact) mass is 436 g/mol. The Morgan fingerprint density at radius 2 is 1.12 bits per heavy atom. The Hall–Kier alpha value is -0.920. The molecule has 4 aliphatic carbocycles. The van der Waals surface area contributed by atoms with Crippen molar-refractivity contribution in [3.63, 3.8) is 0 Å². The molecule has 1 N–H and O–H groups in total. The second-order valence-corrected chi connectivity index (χ2v) is 11.8. The Bertz CT molecular complexity index is 663. The molecule has 0 radical (unpaired) electrons. The molecular weight excluding hydrogens is 388 g/mol. The fraction of sp³-hybridized carbons (Fsp3) is 0.871. The molecule has 0 aliphatic heterocycles. The zero-order valence-electron chi connectivity index (χ0n) is 20.8. The van der Waals surface area contributed by atoms with Gasteiger partial charge in [-0.25, -0.2) is 0 Å². The van der Waals surface area contributed by atoms with E-state index in [4.69, 9.17) is 0 Å². The van der Waals surface area contributed by atoms with Crippen LogP contribution in [0.3, 0.4) is 0 Å². The smallest absolute Gasteiger partial charge is 0.131 e. The predicted molar refractivity (Wildman–Crippen MR) is 135 cm³/mol. The van der Waals surface area contributed by atoms with E-state index in [1.165, 1.54) is 116 Å². The highest BCUT2D eigenvalue weighted by Crippen LogP contribution is 2.43. The first-order valence-electron chi connectivity index (χ1n) is 14.4. The molecule has 4 aliphatic rings. The van der Waals surface area contributed by atoms with Crippen LogP contribution < -0.4 is 0 Å². The van der Waals surface area contributed by atoms with Crippen molar-refractivity contribution >= 4 is 0 Å². The van der Waals surface area contributed by atoms with Crippen molar-refractivity contribution in [2.45, 2.75) is 135 Å². The molecule has 1 nitrogen and oxygen atoms in total. The fourth-order valence-electron chi connectivity index (χ4n) is 7.29. The molecule has 4 fully saturated rings. The van der Waals surface area contributed by atoms with E-state index in [1.807, 2.05) is 0 Å². The Labute approximate surface area is 198 Å². The van der Waals surface area contributed by atoms with Crippen molar-refractivity contribution in [2.75, 3.05) is 0 Å². The molecule has 0 amide bonds. The average molecular weight is 437 g/mol. The molecule has 0 aromatic carbocycles. The summed E-state index contributed by atoms with van der Waals surface area (Å²) in [7, 11) is 0. The van der Waals surface area contributed by atoms with Crippen LogP contribution in [0.15, 0.2) is 0 Å². The Balaban J connectivity index is 1.40. The molecule has 1 heteroatoms. The van der Waals surface area contributed by atoms with Crippen LogP contribution in [0.1, 0.15) is 129 Å². The van der Waals surface area contributed by atoms with Crippen molar-refractivity contribution in [1.29, 1.82) is 0 Å². The maximum Gasteiger partial charge on any atom is 0.131 e. The lowest BCUT2D eigenvalue weighted by Gasteiger charge is -2.42. The van der Waals surface area contributed by atoms with E-state index in [-0.39, 0.29) is 0 Å². The molecule has 0 heterocycles. The molecule has 3 atom stereocenters. The summed E-state index contributed by atoms with van der Waals surface area (Å²) < 4.78 is 0. The van der Waals surface area contributed by atoms with Crippen LogP contribution in [0, 0.1) is 59.2 Å². The van der Waals surface area contributed by atoms with Gasteiger partial charge in [-0.1, -0.05) is 94.8 Å². The minimum absolute atomic E-state index is 0.405. The number of hydrogen-bond acceptors (Lipinski definition) is 1. The molecule has 3 unspecified atom stereocenters. The number of rotatable bonds is 3. The van der Waals surface area contributed by atoms with Crippen molar-refractivity contribution in [1.82, 2.24) is 0 Å². The van der Waals surface area contributed by atoms with Crippen LogP contribution in [0.5, 0.6) is 0 Å². The topological polar surface area (TPSA) is 20.2 Å². The van der Waals surface area contributed by atoms with Crippen LogP contribution in [0.2, 0.25) is 0 Å². The van der Waals surface area contributed by atoms with Crippen LogP contribution in [0.25, 0.3) is 0 Å². The lowest BCUT2D eigenvalue weighted by molar-refractivity contribution is -0.0433. The Kier molecular flexibility index (Phi) is 9.06. The van der Waals surface area contributed by atoms with Gasteiger partial charge in [-0.05, 0) is 75.5 Å². The lowest BCUT2D eigenvalue weighted by Crippen LogP contribution is -2.45. The van der Waals surface area contributed by atoms with Gasteiger partial charge in [0, 0.05) is 17.8 Å². The summed E-state index contributed by atoms with van der Waals surface area (Å²) in [5, 5.41) is 12.0. The largest absolute Gasteiger partial charge is 0.377 e. The summed E-state index contributed by atoms with van der Waals surface area (Å²) in [5.74, 6) is 17.8. The van der Waals surface area contributed by atoms with Gasteiger partial charge in [0.25, 0.3) is 0 Å². The van der Waals surface area contributed by atoms with E-state index in [0.717, 1.165) is 12.3 Å². The van der Waals surface area contributed by atoms with Crippen LogP contribution in [-0.2, 0) is 0 Å². The molecule has 0 aromatic rings. The highest BCUT2D eigenvalue weighted by Gasteiger charge is 2.43. The van der Waals surface area contributed by atoms with E-state index >= 15 is 0 Å². The molecule has 0 saturated heterocycles. The minimum Gasteiger partial charge on any atom is -0.377 e. The van der Waals surface area contributed by atoms with Crippen molar-refractivity contribution in [3.8, 4) is 23.7 Å². The van der Waals surface area contributed by atoms with Crippen LogP contribution in [0.4, 0.5) is 0 Å². The van der Waals surface area contributed by atoms with Crippen molar-refractivity contribution in [3.05, 3.63) is 0 Å². The summed E-state index contributed by atoms with van der Waals surface area (Å²) in [6.07, 6.45) is 24.4.